The molecule has 0 saturated carbocycles. The van der Waals surface area contributed by atoms with Gasteiger partial charge in [0.2, 0.25) is 0 Å². The Kier molecular flexibility index (Phi) is 8.41. The van der Waals surface area contributed by atoms with Gasteiger partial charge in [-0.2, -0.15) is 0 Å². The molecule has 0 aliphatic rings. The number of nitrogens with zero attached hydrogens (tertiary/aromatic N) is 1. The van der Waals surface area contributed by atoms with E-state index >= 15 is 0 Å². The van der Waals surface area contributed by atoms with Gasteiger partial charge < -0.3 is 10.2 Å². The fraction of sp³-hybridized carbons (Fsp3) is 0.571. The highest BCUT2D eigenvalue weighted by Gasteiger charge is 2.01. The first kappa shape index (κ1) is 14.8. The molecule has 0 aromatic heterocycles. The zero-order valence-corrected chi connectivity index (χ0v) is 11.4. The molecule has 0 aliphatic carbocycles. The van der Waals surface area contributed by atoms with E-state index in [1.165, 1.54) is 17.8 Å². The summed E-state index contributed by atoms with van der Waals surface area (Å²) in [6.07, 6.45) is 1.20. The van der Waals surface area contributed by atoms with Crippen LogP contribution >= 0.6 is 0 Å². The summed E-state index contributed by atoms with van der Waals surface area (Å²) in [5.74, 6) is 0. The molecule has 1 rings (SSSR count). The van der Waals surface area contributed by atoms with Crippen LogP contribution in [0.3, 0.4) is 0 Å². The second kappa shape index (κ2) is 9.08. The van der Waals surface area contributed by atoms with Gasteiger partial charge in [0.1, 0.15) is 0 Å². The summed E-state index contributed by atoms with van der Waals surface area (Å²) in [7, 11) is 1.94. The van der Waals surface area contributed by atoms with Gasteiger partial charge in [-0.1, -0.05) is 20.8 Å². The van der Waals surface area contributed by atoms with Crippen molar-refractivity contribution in [3.8, 4) is 0 Å². The minimum atomic E-state index is 1.08. The predicted molar refractivity (Wildman–Crippen MR) is 75.5 cm³/mol. The van der Waals surface area contributed by atoms with E-state index in [9.17, 15) is 0 Å². The second-order valence-corrected chi connectivity index (χ2v) is 3.38. The molecule has 0 radical (unpaired) electrons. The molecule has 0 amide bonds. The Bertz CT molecular complexity index is 254. The first-order valence-corrected chi connectivity index (χ1v) is 6.34. The van der Waals surface area contributed by atoms with Crippen LogP contribution in [0.5, 0.6) is 0 Å². The van der Waals surface area contributed by atoms with E-state index < -0.39 is 0 Å². The van der Waals surface area contributed by atoms with Crippen LogP contribution in [0, 0.1) is 0 Å². The first-order chi connectivity index (χ1) is 7.81. The fourth-order valence-corrected chi connectivity index (χ4v) is 1.58. The Labute approximate surface area is 101 Å². The summed E-state index contributed by atoms with van der Waals surface area (Å²) in [6, 6.07) is 8.58. The smallest absolute Gasteiger partial charge is 0.0367 e. The van der Waals surface area contributed by atoms with E-state index in [2.05, 4.69) is 48.3 Å². The van der Waals surface area contributed by atoms with Gasteiger partial charge in [0.25, 0.3) is 0 Å². The standard InChI is InChI=1S/C12H20N2.C2H6/c1-4-10-14(5-2)12-8-6-11(13-3)7-9-12;1-2/h6-9,13H,4-5,10H2,1-3H3;1-2H3. The third-order valence-corrected chi connectivity index (χ3v) is 2.40. The zero-order chi connectivity index (χ0) is 12.4. The third kappa shape index (κ3) is 4.56. The number of nitrogens with one attached hydrogen (secondary N) is 1. The molecule has 1 N–H and O–H groups in total. The molecule has 0 aliphatic heterocycles. The summed E-state index contributed by atoms with van der Waals surface area (Å²) in [5.41, 5.74) is 2.48. The third-order valence-electron chi connectivity index (χ3n) is 2.40. The number of benzene rings is 1. The molecule has 0 saturated heterocycles. The van der Waals surface area contributed by atoms with Gasteiger partial charge in [-0.25, -0.2) is 0 Å². The quantitative estimate of drug-likeness (QED) is 0.810. The van der Waals surface area contributed by atoms with Gasteiger partial charge >= 0.3 is 0 Å². The van der Waals surface area contributed by atoms with Crippen molar-refractivity contribution in [1.29, 1.82) is 0 Å². The van der Waals surface area contributed by atoms with Crippen molar-refractivity contribution in [3.63, 3.8) is 0 Å². The molecule has 2 heteroatoms. The van der Waals surface area contributed by atoms with Crippen LogP contribution in [-0.4, -0.2) is 20.1 Å². The minimum Gasteiger partial charge on any atom is -0.388 e. The zero-order valence-electron chi connectivity index (χ0n) is 11.4. The van der Waals surface area contributed by atoms with Crippen molar-refractivity contribution < 1.29 is 0 Å². The van der Waals surface area contributed by atoms with E-state index in [1.807, 2.05) is 20.9 Å². The highest BCUT2D eigenvalue weighted by atomic mass is 15.1. The molecular formula is C14H26N2. The maximum atomic E-state index is 3.12. The van der Waals surface area contributed by atoms with Gasteiger partial charge in [0.05, 0.1) is 0 Å². The highest BCUT2D eigenvalue weighted by molar-refractivity contribution is 5.54. The summed E-state index contributed by atoms with van der Waals surface area (Å²) in [6.45, 7) is 10.6. The first-order valence-electron chi connectivity index (χ1n) is 6.34. The Hall–Kier alpha value is -1.18. The summed E-state index contributed by atoms with van der Waals surface area (Å²) >= 11 is 0. The van der Waals surface area contributed by atoms with Crippen molar-refractivity contribution in [3.05, 3.63) is 24.3 Å². The molecule has 0 unspecified atom stereocenters. The van der Waals surface area contributed by atoms with Crippen molar-refractivity contribution in [1.82, 2.24) is 0 Å². The van der Waals surface area contributed by atoms with Crippen LogP contribution in [0.1, 0.15) is 34.1 Å². The summed E-state index contributed by atoms with van der Waals surface area (Å²) in [5, 5.41) is 3.12. The highest BCUT2D eigenvalue weighted by Crippen LogP contribution is 2.17. The molecule has 0 heterocycles. The minimum absolute atomic E-state index is 1.08. The maximum absolute atomic E-state index is 3.12. The monoisotopic (exact) mass is 222 g/mol. The number of rotatable bonds is 5. The van der Waals surface area contributed by atoms with Gasteiger partial charge in [-0.3, -0.25) is 0 Å². The van der Waals surface area contributed by atoms with Crippen LogP contribution < -0.4 is 10.2 Å². The van der Waals surface area contributed by atoms with Gasteiger partial charge in [0.15, 0.2) is 0 Å². The second-order valence-electron chi connectivity index (χ2n) is 3.38. The molecule has 0 atom stereocenters. The molecule has 0 bridgehead atoms. The topological polar surface area (TPSA) is 15.3 Å². The number of anilines is 2. The van der Waals surface area contributed by atoms with Crippen LogP contribution in [-0.2, 0) is 0 Å². The molecule has 0 spiro atoms. The lowest BCUT2D eigenvalue weighted by molar-refractivity contribution is 0.792. The molecule has 92 valence electrons. The summed E-state index contributed by atoms with van der Waals surface area (Å²) in [4.78, 5) is 2.39. The largest absolute Gasteiger partial charge is 0.388 e. The average Bonchev–Trinajstić information content (AvgIpc) is 2.38. The molecule has 16 heavy (non-hydrogen) atoms. The Morgan fingerprint density at radius 2 is 1.62 bits per heavy atom. The molecule has 0 fully saturated rings. The van der Waals surface area contributed by atoms with E-state index in [-0.39, 0.29) is 0 Å². The van der Waals surface area contributed by atoms with Crippen molar-refractivity contribution in [2.24, 2.45) is 0 Å². The predicted octanol–water partition coefficient (Wildman–Crippen LogP) is 3.99. The van der Waals surface area contributed by atoms with Crippen molar-refractivity contribution in [2.45, 2.75) is 34.1 Å². The molecule has 2 nitrogen and oxygen atoms in total. The maximum Gasteiger partial charge on any atom is 0.0367 e. The molecule has 1 aromatic carbocycles. The Morgan fingerprint density at radius 3 is 2.00 bits per heavy atom. The van der Waals surface area contributed by atoms with Gasteiger partial charge in [0, 0.05) is 31.5 Å². The molecule has 1 aromatic rings. The van der Waals surface area contributed by atoms with E-state index in [4.69, 9.17) is 0 Å². The van der Waals surface area contributed by atoms with Crippen LogP contribution in [0.15, 0.2) is 24.3 Å². The van der Waals surface area contributed by atoms with E-state index in [1.54, 1.807) is 0 Å². The van der Waals surface area contributed by atoms with Crippen LogP contribution in [0.4, 0.5) is 11.4 Å². The van der Waals surface area contributed by atoms with E-state index in [0.717, 1.165) is 13.1 Å². The number of hydrogen-bond donors (Lipinski definition) is 1. The number of hydrogen-bond acceptors (Lipinski definition) is 2. The van der Waals surface area contributed by atoms with E-state index in [0.29, 0.717) is 0 Å². The lowest BCUT2D eigenvalue weighted by Gasteiger charge is -2.22. The van der Waals surface area contributed by atoms with Crippen LogP contribution in [0.2, 0.25) is 0 Å². The van der Waals surface area contributed by atoms with Crippen molar-refractivity contribution >= 4 is 11.4 Å². The lowest BCUT2D eigenvalue weighted by atomic mass is 10.2. The average molecular weight is 222 g/mol. The Morgan fingerprint density at radius 1 is 1.06 bits per heavy atom. The Balaban J connectivity index is 0.00000106. The van der Waals surface area contributed by atoms with Crippen molar-refractivity contribution in [2.75, 3.05) is 30.4 Å². The lowest BCUT2D eigenvalue weighted by Crippen LogP contribution is -2.23. The fourth-order valence-electron chi connectivity index (χ4n) is 1.58. The summed E-state index contributed by atoms with van der Waals surface area (Å²) < 4.78 is 0. The molecular weight excluding hydrogens is 196 g/mol. The normalized spacial score (nSPS) is 9.06. The van der Waals surface area contributed by atoms with Gasteiger partial charge in [-0.15, -0.1) is 0 Å². The van der Waals surface area contributed by atoms with Crippen LogP contribution in [0.25, 0.3) is 0 Å². The SMILES string of the molecule is CC.CCCN(CC)c1ccc(NC)cc1. The van der Waals surface area contributed by atoms with Gasteiger partial charge in [-0.05, 0) is 37.6 Å².